The molecule has 2 aromatic rings. The Morgan fingerprint density at radius 3 is 2.17 bits per heavy atom. The third-order valence-corrected chi connectivity index (χ3v) is 4.05. The number of anilines is 1. The first-order valence-corrected chi connectivity index (χ1v) is 8.04. The van der Waals surface area contributed by atoms with Gasteiger partial charge in [-0.3, -0.25) is 8.86 Å². The molecule has 0 aliphatic rings. The SMILES string of the molecule is CC(C)(C)N(c1ccc(Oc2ccc([N+](=O)[O-])nc2)cc1)S(=O)O. The van der Waals surface area contributed by atoms with Crippen LogP contribution in [-0.4, -0.2) is 24.2 Å². The number of hydrogen-bond donors (Lipinski definition) is 1. The Morgan fingerprint density at radius 2 is 1.75 bits per heavy atom. The van der Waals surface area contributed by atoms with Gasteiger partial charge in [0.15, 0.2) is 11.9 Å². The van der Waals surface area contributed by atoms with Crippen molar-refractivity contribution in [3.8, 4) is 11.5 Å². The average molecular weight is 351 g/mol. The molecule has 0 saturated heterocycles. The first-order chi connectivity index (χ1) is 11.2. The molecule has 0 radical (unpaired) electrons. The zero-order chi connectivity index (χ0) is 17.9. The van der Waals surface area contributed by atoms with E-state index in [1.807, 2.05) is 20.8 Å². The zero-order valence-corrected chi connectivity index (χ0v) is 14.2. The monoisotopic (exact) mass is 351 g/mol. The second-order valence-electron chi connectivity index (χ2n) is 5.90. The van der Waals surface area contributed by atoms with Crippen molar-refractivity contribution in [1.82, 2.24) is 4.98 Å². The Hall–Kier alpha value is -2.52. The van der Waals surface area contributed by atoms with Crippen LogP contribution in [0.4, 0.5) is 11.5 Å². The van der Waals surface area contributed by atoms with Crippen LogP contribution in [0.5, 0.6) is 11.5 Å². The van der Waals surface area contributed by atoms with Crippen molar-refractivity contribution >= 4 is 22.8 Å². The summed E-state index contributed by atoms with van der Waals surface area (Å²) in [6.45, 7) is 5.48. The van der Waals surface area contributed by atoms with Crippen molar-refractivity contribution in [1.29, 1.82) is 0 Å². The van der Waals surface area contributed by atoms with Crippen LogP contribution >= 0.6 is 0 Å². The molecule has 128 valence electrons. The van der Waals surface area contributed by atoms with Gasteiger partial charge in [0, 0.05) is 11.6 Å². The topological polar surface area (TPSA) is 106 Å². The normalized spacial score (nSPS) is 12.5. The summed E-state index contributed by atoms with van der Waals surface area (Å²) < 4.78 is 27.9. The first kappa shape index (κ1) is 17.8. The van der Waals surface area contributed by atoms with Crippen molar-refractivity contribution in [3.63, 3.8) is 0 Å². The predicted octanol–water partition coefficient (Wildman–Crippen LogP) is 3.52. The molecule has 1 heterocycles. The summed E-state index contributed by atoms with van der Waals surface area (Å²) in [5, 5.41) is 10.6. The fourth-order valence-corrected chi connectivity index (χ4v) is 2.81. The van der Waals surface area contributed by atoms with Gasteiger partial charge in [0.05, 0.1) is 5.69 Å². The molecule has 0 saturated carbocycles. The van der Waals surface area contributed by atoms with Gasteiger partial charge in [-0.05, 0) is 61.0 Å². The standard InChI is InChI=1S/C15H17N3O5S/c1-15(2,3)17(24(21)22)11-4-6-12(7-5-11)23-13-8-9-14(16-10-13)18(19)20/h4-10H,1-3H3,(H,21,22). The Bertz CT molecular complexity index is 741. The van der Waals surface area contributed by atoms with Gasteiger partial charge in [0.2, 0.25) is 0 Å². The molecule has 1 unspecified atom stereocenters. The van der Waals surface area contributed by atoms with Crippen molar-refractivity contribution in [3.05, 3.63) is 52.7 Å². The van der Waals surface area contributed by atoms with Crippen molar-refractivity contribution in [2.45, 2.75) is 26.3 Å². The Morgan fingerprint density at radius 1 is 1.17 bits per heavy atom. The molecule has 0 aliphatic carbocycles. The molecule has 0 aliphatic heterocycles. The van der Waals surface area contributed by atoms with Crippen molar-refractivity contribution in [2.24, 2.45) is 0 Å². The highest BCUT2D eigenvalue weighted by Gasteiger charge is 2.26. The predicted molar refractivity (Wildman–Crippen MR) is 90.4 cm³/mol. The molecule has 1 aromatic carbocycles. The molecule has 1 aromatic heterocycles. The number of aromatic nitrogens is 1. The van der Waals surface area contributed by atoms with Gasteiger partial charge in [-0.2, -0.15) is 0 Å². The molecule has 8 nitrogen and oxygen atoms in total. The van der Waals surface area contributed by atoms with Crippen LogP contribution in [-0.2, 0) is 11.3 Å². The molecular weight excluding hydrogens is 334 g/mol. The van der Waals surface area contributed by atoms with Crippen LogP contribution in [0.1, 0.15) is 20.8 Å². The molecule has 9 heteroatoms. The molecular formula is C15H17N3O5S. The van der Waals surface area contributed by atoms with E-state index in [1.54, 1.807) is 24.3 Å². The largest absolute Gasteiger partial charge is 0.453 e. The fourth-order valence-electron chi connectivity index (χ4n) is 2.04. The van der Waals surface area contributed by atoms with Crippen LogP contribution in [0, 0.1) is 10.1 Å². The van der Waals surface area contributed by atoms with Gasteiger partial charge < -0.3 is 14.9 Å². The third kappa shape index (κ3) is 4.27. The number of ether oxygens (including phenoxy) is 1. The van der Waals surface area contributed by atoms with E-state index in [2.05, 4.69) is 4.98 Å². The lowest BCUT2D eigenvalue weighted by Gasteiger charge is -2.33. The van der Waals surface area contributed by atoms with E-state index in [4.69, 9.17) is 4.74 Å². The molecule has 0 spiro atoms. The van der Waals surface area contributed by atoms with Gasteiger partial charge in [0.1, 0.15) is 5.75 Å². The lowest BCUT2D eigenvalue weighted by molar-refractivity contribution is -0.389. The highest BCUT2D eigenvalue weighted by molar-refractivity contribution is 7.80. The molecule has 0 amide bonds. The fraction of sp³-hybridized carbons (Fsp3) is 0.267. The van der Waals surface area contributed by atoms with E-state index in [-0.39, 0.29) is 5.82 Å². The second-order valence-corrected chi connectivity index (χ2v) is 6.73. The van der Waals surface area contributed by atoms with E-state index in [1.165, 1.54) is 22.6 Å². The summed E-state index contributed by atoms with van der Waals surface area (Å²) in [5.74, 6) is 0.572. The van der Waals surface area contributed by atoms with E-state index in [0.29, 0.717) is 17.2 Å². The summed E-state index contributed by atoms with van der Waals surface area (Å²) in [4.78, 5) is 13.6. The van der Waals surface area contributed by atoms with Crippen LogP contribution in [0.15, 0.2) is 42.6 Å². The Labute approximate surface area is 141 Å². The lowest BCUT2D eigenvalue weighted by Crippen LogP contribution is -2.42. The van der Waals surface area contributed by atoms with E-state index >= 15 is 0 Å². The maximum absolute atomic E-state index is 11.6. The van der Waals surface area contributed by atoms with E-state index < -0.39 is 21.7 Å². The lowest BCUT2D eigenvalue weighted by atomic mass is 10.1. The van der Waals surface area contributed by atoms with Gasteiger partial charge in [-0.15, -0.1) is 0 Å². The highest BCUT2D eigenvalue weighted by atomic mass is 32.2. The van der Waals surface area contributed by atoms with Crippen LogP contribution < -0.4 is 9.04 Å². The van der Waals surface area contributed by atoms with Gasteiger partial charge in [-0.1, -0.05) is 0 Å². The summed E-state index contributed by atoms with van der Waals surface area (Å²) >= 11 is -2.16. The minimum atomic E-state index is -2.16. The summed E-state index contributed by atoms with van der Waals surface area (Å²) in [5.41, 5.74) is 0.0297. The number of nitrogens with zero attached hydrogens (tertiary/aromatic N) is 3. The number of pyridine rings is 1. The third-order valence-electron chi connectivity index (χ3n) is 2.98. The Kier molecular flexibility index (Phi) is 5.15. The molecule has 0 bridgehead atoms. The van der Waals surface area contributed by atoms with Crippen molar-refractivity contribution < 1.29 is 18.4 Å². The van der Waals surface area contributed by atoms with Crippen molar-refractivity contribution in [2.75, 3.05) is 4.31 Å². The number of nitro groups is 1. The summed E-state index contributed by atoms with van der Waals surface area (Å²) in [7, 11) is 0. The molecule has 2 rings (SSSR count). The van der Waals surface area contributed by atoms with Gasteiger partial charge in [0.25, 0.3) is 11.3 Å². The molecule has 0 fully saturated rings. The van der Waals surface area contributed by atoms with Gasteiger partial charge >= 0.3 is 5.82 Å². The average Bonchev–Trinajstić information content (AvgIpc) is 2.48. The minimum Gasteiger partial charge on any atom is -0.453 e. The number of benzene rings is 1. The smallest absolute Gasteiger partial charge is 0.363 e. The van der Waals surface area contributed by atoms with E-state index in [0.717, 1.165) is 0 Å². The molecule has 1 N–H and O–H groups in total. The highest BCUT2D eigenvalue weighted by Crippen LogP contribution is 2.29. The quantitative estimate of drug-likeness (QED) is 0.502. The van der Waals surface area contributed by atoms with Gasteiger partial charge in [-0.25, -0.2) is 4.21 Å². The molecule has 24 heavy (non-hydrogen) atoms. The van der Waals surface area contributed by atoms with E-state index in [9.17, 15) is 18.9 Å². The second kappa shape index (κ2) is 6.93. The maximum atomic E-state index is 11.6. The first-order valence-electron chi connectivity index (χ1n) is 6.98. The minimum absolute atomic E-state index is 0.260. The van der Waals surface area contributed by atoms with Crippen LogP contribution in [0.25, 0.3) is 0 Å². The number of hydrogen-bond acceptors (Lipinski definition) is 5. The van der Waals surface area contributed by atoms with Crippen LogP contribution in [0.2, 0.25) is 0 Å². The molecule has 1 atom stereocenters. The summed E-state index contributed by atoms with van der Waals surface area (Å²) in [6.07, 6.45) is 1.26. The Balaban J connectivity index is 2.17. The number of rotatable bonds is 5. The zero-order valence-electron chi connectivity index (χ0n) is 13.4. The summed E-state index contributed by atoms with van der Waals surface area (Å²) in [6, 6.07) is 9.30. The van der Waals surface area contributed by atoms with Crippen LogP contribution in [0.3, 0.4) is 0 Å². The maximum Gasteiger partial charge on any atom is 0.363 e.